The molecule has 0 amide bonds. The summed E-state index contributed by atoms with van der Waals surface area (Å²) >= 11 is 0. The highest BCUT2D eigenvalue weighted by Crippen LogP contribution is 2.33. The van der Waals surface area contributed by atoms with Crippen LogP contribution >= 0.6 is 0 Å². The van der Waals surface area contributed by atoms with E-state index in [0.717, 1.165) is 17.5 Å². The zero-order valence-corrected chi connectivity index (χ0v) is 13.5. The van der Waals surface area contributed by atoms with E-state index in [-0.39, 0.29) is 16.9 Å². The molecule has 2 aromatic carbocycles. The zero-order valence-electron chi connectivity index (χ0n) is 13.5. The Kier molecular flexibility index (Phi) is 3.90. The van der Waals surface area contributed by atoms with Crippen LogP contribution in [0, 0.1) is 18.8 Å². The Bertz CT molecular complexity index is 738. The van der Waals surface area contributed by atoms with Gasteiger partial charge in [0.15, 0.2) is 0 Å². The number of anilines is 1. The maximum absolute atomic E-state index is 12.0. The first-order valence-electron chi connectivity index (χ1n) is 8.16. The van der Waals surface area contributed by atoms with Crippen LogP contribution in [-0.4, -0.2) is 6.04 Å². The van der Waals surface area contributed by atoms with Crippen LogP contribution in [0.2, 0.25) is 0 Å². The minimum atomic E-state index is -0.360. The number of hydrogen-bond donors (Lipinski definition) is 1. The van der Waals surface area contributed by atoms with Gasteiger partial charge in [-0.05, 0) is 30.7 Å². The summed E-state index contributed by atoms with van der Waals surface area (Å²) in [7, 11) is 0. The Morgan fingerprint density at radius 3 is 2.36 bits per heavy atom. The molecule has 0 spiro atoms. The van der Waals surface area contributed by atoms with E-state index in [1.54, 1.807) is 0 Å². The van der Waals surface area contributed by atoms with Crippen molar-refractivity contribution in [2.45, 2.75) is 46.1 Å². The van der Waals surface area contributed by atoms with E-state index >= 15 is 0 Å². The van der Waals surface area contributed by atoms with Gasteiger partial charge in [-0.1, -0.05) is 56.5 Å². The predicted molar refractivity (Wildman–Crippen MR) is 91.1 cm³/mol. The first kappa shape index (κ1) is 15.0. The smallest absolute Gasteiger partial charge is 0.250 e. The molecule has 0 aromatic heterocycles. The molecule has 0 saturated heterocycles. The lowest BCUT2D eigenvalue weighted by molar-refractivity contribution is 0.253. The SMILES string of the molecule is Cc1ccc(-c2c(N[C@@H]3CCC[C@H](C)[C@H]3C)c(=O)c2=O)cc1. The normalized spacial score (nSPS) is 25.3. The van der Waals surface area contributed by atoms with Crippen LogP contribution in [0.25, 0.3) is 11.1 Å². The van der Waals surface area contributed by atoms with Crippen LogP contribution in [-0.2, 0) is 0 Å². The van der Waals surface area contributed by atoms with Gasteiger partial charge in [0.2, 0.25) is 10.9 Å². The minimum absolute atomic E-state index is 0.288. The number of benzene rings is 1. The van der Waals surface area contributed by atoms with Gasteiger partial charge in [-0.15, -0.1) is 0 Å². The molecule has 0 bridgehead atoms. The van der Waals surface area contributed by atoms with Crippen molar-refractivity contribution in [3.8, 4) is 11.1 Å². The lowest BCUT2D eigenvalue weighted by Crippen LogP contribution is -2.42. The van der Waals surface area contributed by atoms with Crippen molar-refractivity contribution in [2.24, 2.45) is 11.8 Å². The standard InChI is InChI=1S/C19H23NO2/c1-11-7-9-14(10-8-11)16-17(19(22)18(16)21)20-15-6-4-5-12(2)13(15)3/h7-10,12-13,15,20H,4-6H2,1-3H3/t12-,13+,15+/m0/s1. The first-order chi connectivity index (χ1) is 10.5. The summed E-state index contributed by atoms with van der Waals surface area (Å²) in [5.74, 6) is 1.17. The third-order valence-electron chi connectivity index (χ3n) is 5.29. The lowest BCUT2D eigenvalue weighted by Gasteiger charge is -2.35. The van der Waals surface area contributed by atoms with Crippen LogP contribution in [0.3, 0.4) is 0 Å². The predicted octanol–water partition coefficient (Wildman–Crippen LogP) is 3.49. The fraction of sp³-hybridized carbons (Fsp3) is 0.474. The minimum Gasteiger partial charge on any atom is -0.378 e. The maximum Gasteiger partial charge on any atom is 0.250 e. The summed E-state index contributed by atoms with van der Waals surface area (Å²) in [6.07, 6.45) is 3.49. The number of nitrogens with one attached hydrogen (secondary N) is 1. The van der Waals surface area contributed by atoms with Crippen LogP contribution in [0.4, 0.5) is 5.69 Å². The fourth-order valence-corrected chi connectivity index (χ4v) is 3.50. The van der Waals surface area contributed by atoms with E-state index in [9.17, 15) is 9.59 Å². The van der Waals surface area contributed by atoms with E-state index in [1.807, 2.05) is 31.2 Å². The van der Waals surface area contributed by atoms with Gasteiger partial charge in [-0.3, -0.25) is 9.59 Å². The molecule has 1 fully saturated rings. The van der Waals surface area contributed by atoms with Gasteiger partial charge in [0.1, 0.15) is 0 Å². The van der Waals surface area contributed by atoms with Crippen molar-refractivity contribution in [3.05, 3.63) is 50.3 Å². The van der Waals surface area contributed by atoms with Crippen LogP contribution < -0.4 is 16.2 Å². The van der Waals surface area contributed by atoms with Crippen molar-refractivity contribution in [2.75, 3.05) is 5.32 Å². The zero-order chi connectivity index (χ0) is 15.9. The molecule has 0 radical (unpaired) electrons. The maximum atomic E-state index is 12.0. The Morgan fingerprint density at radius 2 is 1.68 bits per heavy atom. The van der Waals surface area contributed by atoms with Crippen molar-refractivity contribution < 1.29 is 0 Å². The third kappa shape index (κ3) is 2.49. The summed E-state index contributed by atoms with van der Waals surface area (Å²) in [6, 6.07) is 8.08. The summed E-state index contributed by atoms with van der Waals surface area (Å²) in [5.41, 5.74) is 2.36. The quantitative estimate of drug-likeness (QED) is 0.882. The summed E-state index contributed by atoms with van der Waals surface area (Å²) in [5, 5.41) is 3.39. The van der Waals surface area contributed by atoms with E-state index < -0.39 is 0 Å². The topological polar surface area (TPSA) is 46.2 Å². The van der Waals surface area contributed by atoms with Crippen molar-refractivity contribution >= 4 is 5.69 Å². The molecule has 3 nitrogen and oxygen atoms in total. The molecule has 3 heteroatoms. The van der Waals surface area contributed by atoms with Gasteiger partial charge in [0, 0.05) is 6.04 Å². The highest BCUT2D eigenvalue weighted by molar-refractivity contribution is 5.82. The molecule has 0 heterocycles. The summed E-state index contributed by atoms with van der Waals surface area (Å²) in [4.78, 5) is 24.0. The second kappa shape index (κ2) is 5.71. The molecule has 0 aliphatic heterocycles. The molecule has 1 aliphatic carbocycles. The number of aryl methyl sites for hydroxylation is 1. The third-order valence-corrected chi connectivity index (χ3v) is 5.29. The van der Waals surface area contributed by atoms with Crippen LogP contribution in [0.15, 0.2) is 33.9 Å². The van der Waals surface area contributed by atoms with Crippen LogP contribution in [0.5, 0.6) is 0 Å². The van der Waals surface area contributed by atoms with Gasteiger partial charge in [-0.25, -0.2) is 0 Å². The highest BCUT2D eigenvalue weighted by Gasteiger charge is 2.30. The Morgan fingerprint density at radius 1 is 1.00 bits per heavy atom. The summed E-state index contributed by atoms with van der Waals surface area (Å²) < 4.78 is 0. The molecule has 116 valence electrons. The Balaban J connectivity index is 1.89. The number of rotatable bonds is 3. The monoisotopic (exact) mass is 297 g/mol. The lowest BCUT2D eigenvalue weighted by atomic mass is 9.77. The van der Waals surface area contributed by atoms with E-state index in [0.29, 0.717) is 23.1 Å². The summed E-state index contributed by atoms with van der Waals surface area (Å²) in [6.45, 7) is 6.51. The first-order valence-corrected chi connectivity index (χ1v) is 8.16. The second-order valence-corrected chi connectivity index (χ2v) is 6.79. The average molecular weight is 297 g/mol. The fourth-order valence-electron chi connectivity index (χ4n) is 3.50. The molecule has 22 heavy (non-hydrogen) atoms. The van der Waals surface area contributed by atoms with Gasteiger partial charge in [-0.2, -0.15) is 0 Å². The van der Waals surface area contributed by atoms with Gasteiger partial charge >= 0.3 is 0 Å². The van der Waals surface area contributed by atoms with Gasteiger partial charge < -0.3 is 5.32 Å². The average Bonchev–Trinajstić information content (AvgIpc) is 2.52. The van der Waals surface area contributed by atoms with Crippen molar-refractivity contribution in [3.63, 3.8) is 0 Å². The van der Waals surface area contributed by atoms with Crippen molar-refractivity contribution in [1.82, 2.24) is 0 Å². The molecule has 1 saturated carbocycles. The Hall–Kier alpha value is -1.90. The van der Waals surface area contributed by atoms with E-state index in [4.69, 9.17) is 0 Å². The molecule has 1 N–H and O–H groups in total. The van der Waals surface area contributed by atoms with Crippen LogP contribution in [0.1, 0.15) is 38.7 Å². The molecule has 3 atom stereocenters. The molecular weight excluding hydrogens is 274 g/mol. The largest absolute Gasteiger partial charge is 0.378 e. The van der Waals surface area contributed by atoms with E-state index in [1.165, 1.54) is 12.8 Å². The van der Waals surface area contributed by atoms with Crippen molar-refractivity contribution in [1.29, 1.82) is 0 Å². The molecule has 0 unspecified atom stereocenters. The molecule has 1 aliphatic rings. The highest BCUT2D eigenvalue weighted by atomic mass is 16.2. The molecular formula is C19H23NO2. The Labute approximate surface area is 131 Å². The van der Waals surface area contributed by atoms with Gasteiger partial charge in [0.25, 0.3) is 0 Å². The van der Waals surface area contributed by atoms with Gasteiger partial charge in [0.05, 0.1) is 11.3 Å². The second-order valence-electron chi connectivity index (χ2n) is 6.79. The molecule has 3 rings (SSSR count). The number of hydrogen-bond acceptors (Lipinski definition) is 3. The van der Waals surface area contributed by atoms with E-state index in [2.05, 4.69) is 19.2 Å². The molecule has 2 aromatic rings.